The molecule has 17 heavy (non-hydrogen) atoms. The molecule has 0 aliphatic heterocycles. The number of carbonyl (C=O) groups is 1. The van der Waals surface area contributed by atoms with Crippen LogP contribution in [0.2, 0.25) is 0 Å². The van der Waals surface area contributed by atoms with E-state index >= 15 is 0 Å². The molecular formula is C12H16O5. The second-order valence-electron chi connectivity index (χ2n) is 3.25. The van der Waals surface area contributed by atoms with E-state index in [0.29, 0.717) is 11.5 Å². The molecule has 94 valence electrons. The van der Waals surface area contributed by atoms with Crippen molar-refractivity contribution >= 4 is 5.97 Å². The molecule has 0 aliphatic carbocycles. The lowest BCUT2D eigenvalue weighted by molar-refractivity contribution is -0.151. The van der Waals surface area contributed by atoms with Gasteiger partial charge >= 0.3 is 5.97 Å². The van der Waals surface area contributed by atoms with Crippen LogP contribution in [0.5, 0.6) is 11.5 Å². The molecular weight excluding hydrogens is 224 g/mol. The number of rotatable bonds is 6. The fraction of sp³-hybridized carbons (Fsp3) is 0.417. The molecule has 1 aromatic carbocycles. The highest BCUT2D eigenvalue weighted by Gasteiger charge is 2.13. The fourth-order valence-electron chi connectivity index (χ4n) is 1.22. The first-order chi connectivity index (χ1) is 8.19. The van der Waals surface area contributed by atoms with Gasteiger partial charge in [-0.25, -0.2) is 0 Å². The highest BCUT2D eigenvalue weighted by molar-refractivity contribution is 5.72. The Balaban J connectivity index is 2.49. The molecule has 0 amide bonds. The van der Waals surface area contributed by atoms with E-state index in [0.717, 1.165) is 0 Å². The quantitative estimate of drug-likeness (QED) is 0.429. The predicted molar refractivity (Wildman–Crippen MR) is 61.1 cm³/mol. The van der Waals surface area contributed by atoms with Gasteiger partial charge in [0.15, 0.2) is 6.29 Å². The van der Waals surface area contributed by atoms with E-state index in [1.165, 1.54) is 14.2 Å². The summed E-state index contributed by atoms with van der Waals surface area (Å²) in [6, 6.07) is 6.75. The summed E-state index contributed by atoms with van der Waals surface area (Å²) in [5.41, 5.74) is 0. The highest BCUT2D eigenvalue weighted by atomic mass is 16.7. The van der Waals surface area contributed by atoms with Crippen LogP contribution in [-0.4, -0.2) is 33.6 Å². The normalized spacial score (nSPS) is 10.4. The van der Waals surface area contributed by atoms with Gasteiger partial charge in [-0.15, -0.1) is 0 Å². The van der Waals surface area contributed by atoms with Gasteiger partial charge in [-0.05, 0) is 24.3 Å². The van der Waals surface area contributed by atoms with E-state index in [1.54, 1.807) is 31.4 Å². The van der Waals surface area contributed by atoms with Gasteiger partial charge < -0.3 is 18.9 Å². The molecule has 0 aliphatic rings. The SMILES string of the molecule is COc1ccc(OC(=O)CC(OC)OC)cc1. The first-order valence-electron chi connectivity index (χ1n) is 5.10. The van der Waals surface area contributed by atoms with E-state index < -0.39 is 12.3 Å². The van der Waals surface area contributed by atoms with Crippen LogP contribution in [0, 0.1) is 0 Å². The molecule has 0 aromatic heterocycles. The maximum Gasteiger partial charge on any atom is 0.316 e. The molecule has 5 nitrogen and oxygen atoms in total. The first kappa shape index (κ1) is 13.5. The average molecular weight is 240 g/mol. The third kappa shape index (κ3) is 4.42. The minimum Gasteiger partial charge on any atom is -0.497 e. The van der Waals surface area contributed by atoms with E-state index in [1.807, 2.05) is 0 Å². The van der Waals surface area contributed by atoms with Gasteiger partial charge in [0.25, 0.3) is 0 Å². The summed E-state index contributed by atoms with van der Waals surface area (Å²) in [4.78, 5) is 11.5. The minimum atomic E-state index is -0.583. The van der Waals surface area contributed by atoms with Crippen molar-refractivity contribution in [1.29, 1.82) is 0 Å². The van der Waals surface area contributed by atoms with Gasteiger partial charge in [0.05, 0.1) is 13.5 Å². The molecule has 0 spiro atoms. The van der Waals surface area contributed by atoms with Crippen molar-refractivity contribution in [2.24, 2.45) is 0 Å². The zero-order chi connectivity index (χ0) is 12.7. The Labute approximate surface area is 100 Å². The molecule has 0 unspecified atom stereocenters. The van der Waals surface area contributed by atoms with Gasteiger partial charge in [0, 0.05) is 14.2 Å². The number of methoxy groups -OCH3 is 3. The third-order valence-electron chi connectivity index (χ3n) is 2.15. The maximum atomic E-state index is 11.5. The Morgan fingerprint density at radius 3 is 2.06 bits per heavy atom. The van der Waals surface area contributed by atoms with Crippen LogP contribution in [0.15, 0.2) is 24.3 Å². The molecule has 0 bridgehead atoms. The van der Waals surface area contributed by atoms with Crippen molar-refractivity contribution in [3.05, 3.63) is 24.3 Å². The highest BCUT2D eigenvalue weighted by Crippen LogP contribution is 2.17. The Morgan fingerprint density at radius 1 is 1.06 bits per heavy atom. The van der Waals surface area contributed by atoms with Crippen molar-refractivity contribution in [3.8, 4) is 11.5 Å². The predicted octanol–water partition coefficient (Wildman–Crippen LogP) is 1.61. The Bertz CT molecular complexity index is 342. The largest absolute Gasteiger partial charge is 0.497 e. The smallest absolute Gasteiger partial charge is 0.316 e. The second-order valence-corrected chi connectivity index (χ2v) is 3.25. The van der Waals surface area contributed by atoms with Crippen molar-refractivity contribution in [2.45, 2.75) is 12.7 Å². The summed E-state index contributed by atoms with van der Waals surface area (Å²) < 4.78 is 19.9. The molecule has 0 saturated carbocycles. The number of esters is 1. The Morgan fingerprint density at radius 2 is 1.59 bits per heavy atom. The molecule has 0 N–H and O–H groups in total. The van der Waals surface area contributed by atoms with Crippen LogP contribution in [0.1, 0.15) is 6.42 Å². The zero-order valence-electron chi connectivity index (χ0n) is 10.1. The van der Waals surface area contributed by atoms with Gasteiger partial charge in [0.1, 0.15) is 11.5 Å². The lowest BCUT2D eigenvalue weighted by Gasteiger charge is -2.12. The summed E-state index contributed by atoms with van der Waals surface area (Å²) in [6.07, 6.45) is -0.542. The fourth-order valence-corrected chi connectivity index (χ4v) is 1.22. The number of hydrogen-bond donors (Lipinski definition) is 0. The van der Waals surface area contributed by atoms with Crippen LogP contribution in [0.3, 0.4) is 0 Å². The van der Waals surface area contributed by atoms with Crippen molar-refractivity contribution in [2.75, 3.05) is 21.3 Å². The Hall–Kier alpha value is -1.59. The van der Waals surface area contributed by atoms with Crippen molar-refractivity contribution in [3.63, 3.8) is 0 Å². The van der Waals surface area contributed by atoms with E-state index in [9.17, 15) is 4.79 Å². The van der Waals surface area contributed by atoms with Crippen LogP contribution in [-0.2, 0) is 14.3 Å². The topological polar surface area (TPSA) is 54.0 Å². The lowest BCUT2D eigenvalue weighted by Crippen LogP contribution is -2.21. The monoisotopic (exact) mass is 240 g/mol. The number of carbonyl (C=O) groups excluding carboxylic acids is 1. The molecule has 5 heteroatoms. The van der Waals surface area contributed by atoms with Gasteiger partial charge in [0.2, 0.25) is 0 Å². The minimum absolute atomic E-state index is 0.0407. The van der Waals surface area contributed by atoms with Crippen molar-refractivity contribution < 1.29 is 23.7 Å². The number of ether oxygens (including phenoxy) is 4. The molecule has 0 heterocycles. The van der Waals surface area contributed by atoms with E-state index in [2.05, 4.69) is 0 Å². The molecule has 1 aromatic rings. The standard InChI is InChI=1S/C12H16O5/c1-14-9-4-6-10(7-5-9)17-11(13)8-12(15-2)16-3/h4-7,12H,8H2,1-3H3. The Kier molecular flexibility index (Phi) is 5.45. The van der Waals surface area contributed by atoms with Gasteiger partial charge in [-0.2, -0.15) is 0 Å². The molecule has 0 radical (unpaired) electrons. The second kappa shape index (κ2) is 6.88. The van der Waals surface area contributed by atoms with E-state index in [4.69, 9.17) is 18.9 Å². The van der Waals surface area contributed by atoms with Crippen LogP contribution in [0.25, 0.3) is 0 Å². The summed E-state index contributed by atoms with van der Waals surface area (Å²) in [6.45, 7) is 0. The summed E-state index contributed by atoms with van der Waals surface area (Å²) >= 11 is 0. The van der Waals surface area contributed by atoms with E-state index in [-0.39, 0.29) is 6.42 Å². The van der Waals surface area contributed by atoms with Gasteiger partial charge in [-0.3, -0.25) is 4.79 Å². The summed E-state index contributed by atoms with van der Waals surface area (Å²) in [5, 5.41) is 0. The third-order valence-corrected chi connectivity index (χ3v) is 2.15. The molecule has 0 fully saturated rings. The van der Waals surface area contributed by atoms with Gasteiger partial charge in [-0.1, -0.05) is 0 Å². The zero-order valence-corrected chi connectivity index (χ0v) is 10.1. The molecule has 0 saturated heterocycles. The summed E-state index contributed by atoms with van der Waals surface area (Å²) in [7, 11) is 4.51. The van der Waals surface area contributed by atoms with Crippen LogP contribution < -0.4 is 9.47 Å². The van der Waals surface area contributed by atoms with Crippen molar-refractivity contribution in [1.82, 2.24) is 0 Å². The maximum absolute atomic E-state index is 11.5. The van der Waals surface area contributed by atoms with Crippen LogP contribution >= 0.6 is 0 Å². The average Bonchev–Trinajstić information content (AvgIpc) is 2.37. The lowest BCUT2D eigenvalue weighted by atomic mass is 10.3. The van der Waals surface area contributed by atoms with Crippen LogP contribution in [0.4, 0.5) is 0 Å². The molecule has 0 atom stereocenters. The number of hydrogen-bond acceptors (Lipinski definition) is 5. The molecule has 1 rings (SSSR count). The first-order valence-corrected chi connectivity index (χ1v) is 5.10. The summed E-state index contributed by atoms with van der Waals surface area (Å²) in [5.74, 6) is 0.752. The number of benzene rings is 1.